The van der Waals surface area contributed by atoms with Crippen molar-refractivity contribution in [3.05, 3.63) is 23.8 Å². The summed E-state index contributed by atoms with van der Waals surface area (Å²) in [7, 11) is 0. The van der Waals surface area contributed by atoms with Gasteiger partial charge in [0.2, 0.25) is 0 Å². The van der Waals surface area contributed by atoms with Crippen LogP contribution in [0, 0.1) is 11.6 Å². The van der Waals surface area contributed by atoms with E-state index in [2.05, 4.69) is 5.32 Å². The van der Waals surface area contributed by atoms with E-state index in [1.54, 1.807) is 9.80 Å². The van der Waals surface area contributed by atoms with Gasteiger partial charge in [-0.15, -0.1) is 0 Å². The second kappa shape index (κ2) is 7.88. The Bertz CT molecular complexity index is 680. The smallest absolute Gasteiger partial charge is 0.410 e. The van der Waals surface area contributed by atoms with E-state index in [-0.39, 0.29) is 17.9 Å². The third-order valence-corrected chi connectivity index (χ3v) is 4.58. The number of halogens is 2. The van der Waals surface area contributed by atoms with Crippen molar-refractivity contribution >= 4 is 11.8 Å². The van der Waals surface area contributed by atoms with E-state index in [0.29, 0.717) is 38.4 Å². The van der Waals surface area contributed by atoms with Gasteiger partial charge in [0, 0.05) is 44.9 Å². The minimum absolute atomic E-state index is 0.0645. The van der Waals surface area contributed by atoms with Crippen molar-refractivity contribution in [1.82, 2.24) is 10.2 Å². The standard InChI is InChI=1S/C19H27F2N3O3/c1-19(2,3)27-18(25)24-8-6-23(7-9-24)16-11-17(15(21)10-14(16)20)26-13-4-5-22-12-13/h10-11,13,22H,4-9,12H2,1-3H3/t13-/m1/s1. The number of nitrogens with zero attached hydrogens (tertiary/aromatic N) is 2. The number of benzene rings is 1. The molecule has 0 saturated carbocycles. The van der Waals surface area contributed by atoms with Crippen LogP contribution in [0.2, 0.25) is 0 Å². The van der Waals surface area contributed by atoms with E-state index in [9.17, 15) is 13.6 Å². The van der Waals surface area contributed by atoms with Crippen molar-refractivity contribution in [1.29, 1.82) is 0 Å². The number of ether oxygens (including phenoxy) is 2. The first kappa shape index (κ1) is 19.7. The van der Waals surface area contributed by atoms with Crippen LogP contribution >= 0.6 is 0 Å². The Morgan fingerprint density at radius 2 is 1.85 bits per heavy atom. The van der Waals surface area contributed by atoms with Crippen LogP contribution in [0.4, 0.5) is 19.3 Å². The number of carbonyl (C=O) groups is 1. The molecule has 2 saturated heterocycles. The van der Waals surface area contributed by atoms with E-state index in [1.807, 2.05) is 20.8 Å². The van der Waals surface area contributed by atoms with Crippen molar-refractivity contribution in [3.8, 4) is 5.75 Å². The molecule has 0 aromatic heterocycles. The molecule has 1 amide bonds. The zero-order valence-corrected chi connectivity index (χ0v) is 16.1. The average Bonchev–Trinajstić information content (AvgIpc) is 3.09. The number of nitrogens with one attached hydrogen (secondary N) is 1. The summed E-state index contributed by atoms with van der Waals surface area (Å²) in [6, 6.07) is 2.29. The monoisotopic (exact) mass is 383 g/mol. The highest BCUT2D eigenvalue weighted by Crippen LogP contribution is 2.30. The molecule has 3 rings (SSSR count). The molecule has 2 heterocycles. The molecular weight excluding hydrogens is 356 g/mol. The summed E-state index contributed by atoms with van der Waals surface area (Å²) in [5.41, 5.74) is -0.264. The predicted octanol–water partition coefficient (Wildman–Crippen LogP) is 2.76. The molecule has 0 spiro atoms. The van der Waals surface area contributed by atoms with Crippen LogP contribution in [0.25, 0.3) is 0 Å². The van der Waals surface area contributed by atoms with Gasteiger partial charge in [0.15, 0.2) is 11.6 Å². The van der Waals surface area contributed by atoms with Gasteiger partial charge >= 0.3 is 6.09 Å². The largest absolute Gasteiger partial charge is 0.486 e. The zero-order valence-electron chi connectivity index (χ0n) is 16.1. The summed E-state index contributed by atoms with van der Waals surface area (Å²) in [6.45, 7) is 8.62. The Morgan fingerprint density at radius 1 is 1.15 bits per heavy atom. The molecule has 27 heavy (non-hydrogen) atoms. The highest BCUT2D eigenvalue weighted by molar-refractivity contribution is 5.68. The van der Waals surface area contributed by atoms with Crippen LogP contribution in [0.1, 0.15) is 27.2 Å². The maximum atomic E-state index is 14.4. The number of rotatable bonds is 3. The minimum Gasteiger partial charge on any atom is -0.486 e. The Morgan fingerprint density at radius 3 is 2.44 bits per heavy atom. The van der Waals surface area contributed by atoms with Gasteiger partial charge < -0.3 is 24.6 Å². The lowest BCUT2D eigenvalue weighted by molar-refractivity contribution is 0.0240. The molecule has 8 heteroatoms. The normalized spacial score (nSPS) is 20.7. The first-order valence-corrected chi connectivity index (χ1v) is 9.32. The first-order chi connectivity index (χ1) is 12.7. The fraction of sp³-hybridized carbons (Fsp3) is 0.632. The van der Waals surface area contributed by atoms with Gasteiger partial charge in [-0.05, 0) is 33.7 Å². The molecule has 0 aliphatic carbocycles. The maximum absolute atomic E-state index is 14.4. The number of amides is 1. The summed E-state index contributed by atoms with van der Waals surface area (Å²) < 4.78 is 39.5. The van der Waals surface area contributed by atoms with E-state index in [0.717, 1.165) is 19.0 Å². The lowest BCUT2D eigenvalue weighted by Crippen LogP contribution is -2.50. The third-order valence-electron chi connectivity index (χ3n) is 4.58. The molecule has 150 valence electrons. The summed E-state index contributed by atoms with van der Waals surface area (Å²) in [5, 5.41) is 3.15. The molecule has 2 fully saturated rings. The van der Waals surface area contributed by atoms with Gasteiger partial charge in [0.1, 0.15) is 17.5 Å². The number of hydrogen-bond acceptors (Lipinski definition) is 5. The van der Waals surface area contributed by atoms with Crippen LogP contribution in [0.3, 0.4) is 0 Å². The summed E-state index contributed by atoms with van der Waals surface area (Å²) in [6.07, 6.45) is 0.307. The molecule has 0 unspecified atom stereocenters. The Hall–Kier alpha value is -2.09. The molecular formula is C19H27F2N3O3. The van der Waals surface area contributed by atoms with Gasteiger partial charge in [-0.1, -0.05) is 0 Å². The van der Waals surface area contributed by atoms with Gasteiger partial charge in [0.05, 0.1) is 5.69 Å². The molecule has 2 aliphatic heterocycles. The molecule has 0 bridgehead atoms. The van der Waals surface area contributed by atoms with Crippen molar-refractivity contribution in [2.75, 3.05) is 44.2 Å². The fourth-order valence-corrected chi connectivity index (χ4v) is 3.22. The number of hydrogen-bond donors (Lipinski definition) is 1. The van der Waals surface area contributed by atoms with Crippen LogP contribution < -0.4 is 15.0 Å². The zero-order chi connectivity index (χ0) is 19.6. The van der Waals surface area contributed by atoms with Crippen LogP contribution in [0.15, 0.2) is 12.1 Å². The van der Waals surface area contributed by atoms with E-state index in [4.69, 9.17) is 9.47 Å². The summed E-state index contributed by atoms with van der Waals surface area (Å²) >= 11 is 0. The second-order valence-electron chi connectivity index (χ2n) is 7.92. The Balaban J connectivity index is 1.65. The Labute approximate surface area is 158 Å². The number of carbonyl (C=O) groups excluding carboxylic acids is 1. The highest BCUT2D eigenvalue weighted by Gasteiger charge is 2.28. The number of anilines is 1. The summed E-state index contributed by atoms with van der Waals surface area (Å²) in [5.74, 6) is -1.26. The van der Waals surface area contributed by atoms with Crippen molar-refractivity contribution < 1.29 is 23.0 Å². The van der Waals surface area contributed by atoms with E-state index >= 15 is 0 Å². The predicted molar refractivity (Wildman–Crippen MR) is 98.3 cm³/mol. The average molecular weight is 383 g/mol. The van der Waals surface area contributed by atoms with Gasteiger partial charge in [-0.3, -0.25) is 0 Å². The molecule has 2 aliphatic rings. The molecule has 6 nitrogen and oxygen atoms in total. The van der Waals surface area contributed by atoms with E-state index < -0.39 is 17.2 Å². The van der Waals surface area contributed by atoms with Gasteiger partial charge in [-0.25, -0.2) is 13.6 Å². The number of piperazine rings is 1. The highest BCUT2D eigenvalue weighted by atomic mass is 19.1. The quantitative estimate of drug-likeness (QED) is 0.870. The lowest BCUT2D eigenvalue weighted by atomic mass is 10.2. The fourth-order valence-electron chi connectivity index (χ4n) is 3.22. The van der Waals surface area contributed by atoms with Crippen LogP contribution in [0.5, 0.6) is 5.75 Å². The minimum atomic E-state index is -0.699. The molecule has 1 aromatic rings. The van der Waals surface area contributed by atoms with E-state index in [1.165, 1.54) is 6.07 Å². The first-order valence-electron chi connectivity index (χ1n) is 9.32. The molecule has 1 N–H and O–H groups in total. The molecule has 0 radical (unpaired) electrons. The third kappa shape index (κ3) is 5.00. The van der Waals surface area contributed by atoms with Gasteiger partial charge in [-0.2, -0.15) is 0 Å². The second-order valence-corrected chi connectivity index (χ2v) is 7.92. The van der Waals surface area contributed by atoms with Gasteiger partial charge in [0.25, 0.3) is 0 Å². The Kier molecular flexibility index (Phi) is 5.74. The van der Waals surface area contributed by atoms with Crippen LogP contribution in [-0.4, -0.2) is 62.0 Å². The van der Waals surface area contributed by atoms with Crippen molar-refractivity contribution in [3.63, 3.8) is 0 Å². The summed E-state index contributed by atoms with van der Waals surface area (Å²) in [4.78, 5) is 15.6. The molecule has 1 aromatic carbocycles. The SMILES string of the molecule is CC(C)(C)OC(=O)N1CCN(c2cc(O[C@@H]3CCNC3)c(F)cc2F)CC1. The topological polar surface area (TPSA) is 54.0 Å². The lowest BCUT2D eigenvalue weighted by Gasteiger charge is -2.37. The molecule has 1 atom stereocenters. The van der Waals surface area contributed by atoms with Crippen LogP contribution in [-0.2, 0) is 4.74 Å². The van der Waals surface area contributed by atoms with Crippen molar-refractivity contribution in [2.24, 2.45) is 0 Å². The van der Waals surface area contributed by atoms with Crippen molar-refractivity contribution in [2.45, 2.75) is 38.9 Å². The maximum Gasteiger partial charge on any atom is 0.410 e.